The van der Waals surface area contributed by atoms with E-state index >= 15 is 0 Å². The third-order valence-electron chi connectivity index (χ3n) is 4.09. The summed E-state index contributed by atoms with van der Waals surface area (Å²) in [5.41, 5.74) is -1.31. The third kappa shape index (κ3) is 2.02. The third-order valence-corrected chi connectivity index (χ3v) is 4.69. The fourth-order valence-electron chi connectivity index (χ4n) is 3.06. The van der Waals surface area contributed by atoms with Crippen LogP contribution in [-0.2, 0) is 9.59 Å². The number of hydrogen-bond donors (Lipinski definition) is 1. The summed E-state index contributed by atoms with van der Waals surface area (Å²) in [6.07, 6.45) is 5.73. The lowest BCUT2D eigenvalue weighted by atomic mass is 9.85. The van der Waals surface area contributed by atoms with Gasteiger partial charge in [0.05, 0.1) is 0 Å². The Morgan fingerprint density at radius 3 is 2.44 bits per heavy atom. The number of nitrogens with zero attached hydrogens (tertiary/aromatic N) is 1. The molecule has 0 aromatic heterocycles. The maximum atomic E-state index is 12.6. The van der Waals surface area contributed by atoms with Crippen LogP contribution in [0.4, 0.5) is 0 Å². The molecule has 0 aromatic carbocycles. The first kappa shape index (κ1) is 13.7. The number of carbonyl (C=O) groups is 2. The van der Waals surface area contributed by atoms with Crippen molar-refractivity contribution in [1.82, 2.24) is 10.2 Å². The highest BCUT2D eigenvalue weighted by molar-refractivity contribution is 7.98. The summed E-state index contributed by atoms with van der Waals surface area (Å²) < 4.78 is 0. The smallest absolute Gasteiger partial charge is 0.248 e. The second-order valence-electron chi connectivity index (χ2n) is 5.77. The van der Waals surface area contributed by atoms with Crippen molar-refractivity contribution in [3.63, 3.8) is 0 Å². The van der Waals surface area contributed by atoms with Crippen LogP contribution in [0.1, 0.15) is 39.5 Å². The van der Waals surface area contributed by atoms with Crippen LogP contribution in [0, 0.1) is 0 Å². The number of amides is 2. The zero-order chi connectivity index (χ0) is 13.4. The van der Waals surface area contributed by atoms with Gasteiger partial charge in [-0.15, -0.1) is 0 Å². The molecule has 102 valence electrons. The molecule has 2 aliphatic rings. The van der Waals surface area contributed by atoms with Crippen LogP contribution in [0.25, 0.3) is 0 Å². The van der Waals surface area contributed by atoms with Crippen molar-refractivity contribution in [3.05, 3.63) is 0 Å². The lowest BCUT2D eigenvalue weighted by Gasteiger charge is -2.49. The minimum Gasteiger partial charge on any atom is -0.340 e. The second kappa shape index (κ2) is 4.76. The van der Waals surface area contributed by atoms with Crippen LogP contribution >= 0.6 is 11.8 Å². The molecule has 1 heterocycles. The van der Waals surface area contributed by atoms with E-state index in [-0.39, 0.29) is 11.8 Å². The second-order valence-corrected chi connectivity index (χ2v) is 6.75. The number of hydrogen-bond acceptors (Lipinski definition) is 3. The Labute approximate surface area is 113 Å². The van der Waals surface area contributed by atoms with Crippen molar-refractivity contribution in [3.8, 4) is 0 Å². The van der Waals surface area contributed by atoms with Crippen LogP contribution in [0.5, 0.6) is 0 Å². The molecule has 0 unspecified atom stereocenters. The minimum absolute atomic E-state index is 0.0469. The lowest BCUT2D eigenvalue weighted by molar-refractivity contribution is -0.161. The van der Waals surface area contributed by atoms with E-state index in [1.54, 1.807) is 25.6 Å². The Morgan fingerprint density at radius 2 is 1.89 bits per heavy atom. The Bertz CT molecular complexity index is 362. The first-order chi connectivity index (χ1) is 8.44. The molecule has 0 bridgehead atoms. The Balaban J connectivity index is 2.31. The molecule has 1 aliphatic heterocycles. The van der Waals surface area contributed by atoms with E-state index in [0.717, 1.165) is 31.4 Å². The Hall–Kier alpha value is -0.710. The van der Waals surface area contributed by atoms with Gasteiger partial charge in [0, 0.05) is 12.3 Å². The minimum atomic E-state index is -0.761. The molecule has 4 nitrogen and oxygen atoms in total. The van der Waals surface area contributed by atoms with Crippen LogP contribution in [-0.4, -0.2) is 46.3 Å². The molecule has 1 spiro atoms. The largest absolute Gasteiger partial charge is 0.340 e. The molecule has 1 saturated carbocycles. The van der Waals surface area contributed by atoms with Gasteiger partial charge < -0.3 is 10.2 Å². The van der Waals surface area contributed by atoms with E-state index in [2.05, 4.69) is 5.32 Å². The van der Waals surface area contributed by atoms with E-state index in [1.165, 1.54) is 0 Å². The van der Waals surface area contributed by atoms with E-state index in [0.29, 0.717) is 6.54 Å². The molecular weight excluding hydrogens is 248 g/mol. The highest BCUT2D eigenvalue weighted by Gasteiger charge is 2.55. The number of carbonyl (C=O) groups excluding carboxylic acids is 2. The van der Waals surface area contributed by atoms with Gasteiger partial charge in [-0.25, -0.2) is 0 Å². The summed E-state index contributed by atoms with van der Waals surface area (Å²) in [5.74, 6) is 1.00. The molecule has 2 fully saturated rings. The van der Waals surface area contributed by atoms with Crippen molar-refractivity contribution in [2.75, 3.05) is 18.6 Å². The van der Waals surface area contributed by atoms with E-state index in [4.69, 9.17) is 0 Å². The average Bonchev–Trinajstić information content (AvgIpc) is 2.77. The van der Waals surface area contributed by atoms with Gasteiger partial charge in [0.1, 0.15) is 11.1 Å². The van der Waals surface area contributed by atoms with Gasteiger partial charge in [-0.3, -0.25) is 9.59 Å². The summed E-state index contributed by atoms with van der Waals surface area (Å²) in [6, 6.07) is 0. The monoisotopic (exact) mass is 270 g/mol. The predicted molar refractivity (Wildman–Crippen MR) is 73.5 cm³/mol. The van der Waals surface area contributed by atoms with Gasteiger partial charge in [0.25, 0.3) is 0 Å². The number of rotatable bonds is 3. The highest BCUT2D eigenvalue weighted by atomic mass is 32.2. The van der Waals surface area contributed by atoms with E-state index in [1.807, 2.05) is 11.2 Å². The van der Waals surface area contributed by atoms with Crippen LogP contribution in [0.2, 0.25) is 0 Å². The molecule has 0 radical (unpaired) electrons. The van der Waals surface area contributed by atoms with Crippen molar-refractivity contribution in [2.45, 2.75) is 50.6 Å². The summed E-state index contributed by atoms with van der Waals surface area (Å²) in [6.45, 7) is 4.26. The number of piperazine rings is 1. The van der Waals surface area contributed by atoms with E-state index in [9.17, 15) is 9.59 Å². The SMILES string of the molecule is CSCCN1C(=O)C(C)(C)NC(=O)C12CCCC2. The molecular formula is C13H22N2O2S. The van der Waals surface area contributed by atoms with Crippen molar-refractivity contribution in [1.29, 1.82) is 0 Å². The lowest BCUT2D eigenvalue weighted by Crippen LogP contribution is -2.73. The number of thioether (sulfide) groups is 1. The van der Waals surface area contributed by atoms with Gasteiger partial charge in [0.2, 0.25) is 11.8 Å². The normalized spacial score (nSPS) is 25.6. The topological polar surface area (TPSA) is 49.4 Å². The van der Waals surface area contributed by atoms with Crippen molar-refractivity contribution in [2.24, 2.45) is 0 Å². The molecule has 1 N–H and O–H groups in total. The van der Waals surface area contributed by atoms with Crippen molar-refractivity contribution >= 4 is 23.6 Å². The highest BCUT2D eigenvalue weighted by Crippen LogP contribution is 2.39. The molecule has 0 atom stereocenters. The first-order valence-corrected chi connectivity index (χ1v) is 7.97. The fourth-order valence-corrected chi connectivity index (χ4v) is 3.43. The predicted octanol–water partition coefficient (Wildman–Crippen LogP) is 1.40. The van der Waals surface area contributed by atoms with Crippen LogP contribution in [0.15, 0.2) is 0 Å². The van der Waals surface area contributed by atoms with E-state index < -0.39 is 11.1 Å². The molecule has 1 aliphatic carbocycles. The molecule has 0 aromatic rings. The Kier molecular flexibility index (Phi) is 3.63. The van der Waals surface area contributed by atoms with Gasteiger partial charge in [-0.2, -0.15) is 11.8 Å². The summed E-state index contributed by atoms with van der Waals surface area (Å²) in [4.78, 5) is 26.9. The molecule has 2 rings (SSSR count). The summed E-state index contributed by atoms with van der Waals surface area (Å²) in [7, 11) is 0. The molecule has 1 saturated heterocycles. The fraction of sp³-hybridized carbons (Fsp3) is 0.846. The van der Waals surface area contributed by atoms with Gasteiger partial charge >= 0.3 is 0 Å². The van der Waals surface area contributed by atoms with Gasteiger partial charge in [-0.1, -0.05) is 12.8 Å². The molecule has 18 heavy (non-hydrogen) atoms. The average molecular weight is 270 g/mol. The summed E-state index contributed by atoms with van der Waals surface area (Å²) in [5, 5.41) is 2.91. The summed E-state index contributed by atoms with van der Waals surface area (Å²) >= 11 is 1.72. The zero-order valence-electron chi connectivity index (χ0n) is 11.4. The number of nitrogens with one attached hydrogen (secondary N) is 1. The first-order valence-electron chi connectivity index (χ1n) is 6.58. The van der Waals surface area contributed by atoms with Crippen molar-refractivity contribution < 1.29 is 9.59 Å². The van der Waals surface area contributed by atoms with Crippen LogP contribution < -0.4 is 5.32 Å². The Morgan fingerprint density at radius 1 is 1.28 bits per heavy atom. The van der Waals surface area contributed by atoms with Gasteiger partial charge in [-0.05, 0) is 32.9 Å². The maximum Gasteiger partial charge on any atom is 0.248 e. The zero-order valence-corrected chi connectivity index (χ0v) is 12.2. The molecule has 2 amide bonds. The van der Waals surface area contributed by atoms with Gasteiger partial charge in [0.15, 0.2) is 0 Å². The standard InChI is InChI=1S/C13H22N2O2S/c1-12(2)11(17)15(8-9-18-3)13(10(16)14-12)6-4-5-7-13/h4-9H2,1-3H3,(H,14,16). The maximum absolute atomic E-state index is 12.6. The quantitative estimate of drug-likeness (QED) is 0.843. The molecule has 5 heteroatoms. The van der Waals surface area contributed by atoms with Crippen LogP contribution in [0.3, 0.4) is 0 Å².